The summed E-state index contributed by atoms with van der Waals surface area (Å²) in [6.45, 7) is 0. The van der Waals surface area contributed by atoms with Crippen molar-refractivity contribution in [2.24, 2.45) is 0 Å². The van der Waals surface area contributed by atoms with E-state index in [0.717, 1.165) is 17.3 Å². The fourth-order valence-electron chi connectivity index (χ4n) is 1.71. The molecule has 1 nitrogen and oxygen atoms in total. The zero-order chi connectivity index (χ0) is 8.55. The number of halogens is 1. The molecule has 0 saturated heterocycles. The van der Waals surface area contributed by atoms with Crippen LogP contribution in [-0.4, -0.2) is 0 Å². The predicted molar refractivity (Wildman–Crippen MR) is 50.8 cm³/mol. The normalized spacial score (nSPS) is 20.2. The Balaban J connectivity index is 2.51. The molecule has 1 aliphatic carbocycles. The van der Waals surface area contributed by atoms with Crippen LogP contribution in [0.25, 0.3) is 0 Å². The number of fused-ring (bicyclic) bond motifs is 1. The van der Waals surface area contributed by atoms with E-state index in [-0.39, 0.29) is 5.92 Å². The van der Waals surface area contributed by atoms with Gasteiger partial charge in [0.25, 0.3) is 0 Å². The summed E-state index contributed by atoms with van der Waals surface area (Å²) in [5, 5.41) is 8.84. The van der Waals surface area contributed by atoms with E-state index in [4.69, 9.17) is 5.26 Å². The Labute approximate surface area is 80.1 Å². The van der Waals surface area contributed by atoms with Gasteiger partial charge in [0.1, 0.15) is 0 Å². The second-order valence-electron chi connectivity index (χ2n) is 3.06. The van der Waals surface area contributed by atoms with Crippen LogP contribution in [0.15, 0.2) is 22.7 Å². The number of rotatable bonds is 0. The van der Waals surface area contributed by atoms with E-state index in [2.05, 4.69) is 34.1 Å². The maximum atomic E-state index is 8.84. The van der Waals surface area contributed by atoms with Crippen molar-refractivity contribution in [1.29, 1.82) is 5.26 Å². The molecule has 0 aliphatic heterocycles. The molecule has 1 aliphatic rings. The highest BCUT2D eigenvalue weighted by Crippen LogP contribution is 2.33. The SMILES string of the molecule is N#C[C@@H]1CCc2ccc(Br)cc21. The molecule has 60 valence electrons. The van der Waals surface area contributed by atoms with Crippen molar-refractivity contribution in [3.8, 4) is 6.07 Å². The summed E-state index contributed by atoms with van der Waals surface area (Å²) in [6, 6.07) is 8.54. The average Bonchev–Trinajstić information content (AvgIpc) is 2.46. The summed E-state index contributed by atoms with van der Waals surface area (Å²) in [6.07, 6.45) is 2.04. The Morgan fingerprint density at radius 3 is 3.08 bits per heavy atom. The molecule has 12 heavy (non-hydrogen) atoms. The largest absolute Gasteiger partial charge is 0.198 e. The van der Waals surface area contributed by atoms with Crippen LogP contribution in [0, 0.1) is 11.3 Å². The third-order valence-corrected chi connectivity index (χ3v) is 2.83. The molecular formula is C10H8BrN. The van der Waals surface area contributed by atoms with Crippen LogP contribution in [0.2, 0.25) is 0 Å². The summed E-state index contributed by atoms with van der Waals surface area (Å²) in [5.74, 6) is 0.123. The first-order chi connectivity index (χ1) is 5.81. The van der Waals surface area contributed by atoms with Gasteiger partial charge in [-0.15, -0.1) is 0 Å². The van der Waals surface area contributed by atoms with Gasteiger partial charge < -0.3 is 0 Å². The number of hydrogen-bond acceptors (Lipinski definition) is 1. The van der Waals surface area contributed by atoms with Gasteiger partial charge in [-0.25, -0.2) is 0 Å². The number of aryl methyl sites for hydroxylation is 1. The first-order valence-corrected chi connectivity index (χ1v) is 4.78. The molecule has 2 heteroatoms. The lowest BCUT2D eigenvalue weighted by atomic mass is 10.0. The van der Waals surface area contributed by atoms with Gasteiger partial charge in [-0.3, -0.25) is 0 Å². The van der Waals surface area contributed by atoms with Crippen molar-refractivity contribution >= 4 is 15.9 Å². The second kappa shape index (κ2) is 2.91. The van der Waals surface area contributed by atoms with Crippen molar-refractivity contribution in [1.82, 2.24) is 0 Å². The summed E-state index contributed by atoms with van der Waals surface area (Å²) >= 11 is 3.41. The lowest BCUT2D eigenvalue weighted by Crippen LogP contribution is -1.87. The van der Waals surface area contributed by atoms with Crippen LogP contribution in [0.5, 0.6) is 0 Å². The van der Waals surface area contributed by atoms with E-state index in [1.807, 2.05) is 6.07 Å². The predicted octanol–water partition coefficient (Wildman–Crippen LogP) is 3.00. The van der Waals surface area contributed by atoms with Crippen molar-refractivity contribution in [3.63, 3.8) is 0 Å². The van der Waals surface area contributed by atoms with Gasteiger partial charge in [0, 0.05) is 4.47 Å². The van der Waals surface area contributed by atoms with E-state index in [0.29, 0.717) is 0 Å². The maximum Gasteiger partial charge on any atom is 0.0718 e. The molecule has 0 bridgehead atoms. The molecule has 1 aromatic rings. The van der Waals surface area contributed by atoms with E-state index in [1.165, 1.54) is 11.1 Å². The maximum absolute atomic E-state index is 8.84. The van der Waals surface area contributed by atoms with Gasteiger partial charge in [-0.05, 0) is 36.1 Å². The number of nitriles is 1. The molecule has 0 spiro atoms. The molecule has 0 heterocycles. The Morgan fingerprint density at radius 1 is 1.50 bits per heavy atom. The fraction of sp³-hybridized carbons (Fsp3) is 0.300. The zero-order valence-corrected chi connectivity index (χ0v) is 8.13. The molecule has 0 fully saturated rings. The van der Waals surface area contributed by atoms with Crippen LogP contribution in [-0.2, 0) is 6.42 Å². The van der Waals surface area contributed by atoms with Gasteiger partial charge in [0.15, 0.2) is 0 Å². The van der Waals surface area contributed by atoms with Crippen molar-refractivity contribution in [3.05, 3.63) is 33.8 Å². The van der Waals surface area contributed by atoms with Crippen LogP contribution in [0.3, 0.4) is 0 Å². The Bertz CT molecular complexity index is 351. The highest BCUT2D eigenvalue weighted by Gasteiger charge is 2.21. The minimum atomic E-state index is 0.123. The van der Waals surface area contributed by atoms with Crippen LogP contribution >= 0.6 is 15.9 Å². The Kier molecular flexibility index (Phi) is 1.90. The summed E-state index contributed by atoms with van der Waals surface area (Å²) in [5.41, 5.74) is 2.55. The molecule has 0 N–H and O–H groups in total. The molecular weight excluding hydrogens is 214 g/mol. The highest BCUT2D eigenvalue weighted by atomic mass is 79.9. The summed E-state index contributed by atoms with van der Waals surface area (Å²) < 4.78 is 1.07. The number of hydrogen-bond donors (Lipinski definition) is 0. The van der Waals surface area contributed by atoms with Gasteiger partial charge in [-0.1, -0.05) is 22.0 Å². The topological polar surface area (TPSA) is 23.8 Å². The summed E-state index contributed by atoms with van der Waals surface area (Å²) in [4.78, 5) is 0. The highest BCUT2D eigenvalue weighted by molar-refractivity contribution is 9.10. The molecule has 0 amide bonds. The Morgan fingerprint density at radius 2 is 2.33 bits per heavy atom. The third kappa shape index (κ3) is 1.15. The molecule has 0 saturated carbocycles. The lowest BCUT2D eigenvalue weighted by molar-refractivity contribution is 0.825. The fourth-order valence-corrected chi connectivity index (χ4v) is 2.09. The van der Waals surface area contributed by atoms with E-state index >= 15 is 0 Å². The van der Waals surface area contributed by atoms with Gasteiger partial charge in [-0.2, -0.15) is 5.26 Å². The van der Waals surface area contributed by atoms with Gasteiger partial charge >= 0.3 is 0 Å². The van der Waals surface area contributed by atoms with Crippen molar-refractivity contribution in [2.75, 3.05) is 0 Å². The number of nitrogens with zero attached hydrogens (tertiary/aromatic N) is 1. The summed E-state index contributed by atoms with van der Waals surface area (Å²) in [7, 11) is 0. The van der Waals surface area contributed by atoms with Gasteiger partial charge in [0.05, 0.1) is 12.0 Å². The van der Waals surface area contributed by atoms with E-state index in [9.17, 15) is 0 Å². The standard InChI is InChI=1S/C10H8BrN/c11-9-4-3-7-1-2-8(6-12)10(7)5-9/h3-5,8H,1-2H2/t8-/m0/s1. The van der Waals surface area contributed by atoms with Crippen LogP contribution in [0.1, 0.15) is 23.5 Å². The molecule has 1 aromatic carbocycles. The first-order valence-electron chi connectivity index (χ1n) is 3.99. The van der Waals surface area contributed by atoms with Gasteiger partial charge in [0.2, 0.25) is 0 Å². The number of benzene rings is 1. The van der Waals surface area contributed by atoms with Crippen LogP contribution < -0.4 is 0 Å². The van der Waals surface area contributed by atoms with E-state index in [1.54, 1.807) is 0 Å². The zero-order valence-electron chi connectivity index (χ0n) is 6.55. The van der Waals surface area contributed by atoms with Crippen molar-refractivity contribution in [2.45, 2.75) is 18.8 Å². The Hall–Kier alpha value is -0.810. The average molecular weight is 222 g/mol. The molecule has 2 rings (SSSR count). The van der Waals surface area contributed by atoms with Crippen LogP contribution in [0.4, 0.5) is 0 Å². The molecule has 0 radical (unpaired) electrons. The second-order valence-corrected chi connectivity index (χ2v) is 3.98. The lowest BCUT2D eigenvalue weighted by Gasteiger charge is -2.01. The first kappa shape index (κ1) is 7.82. The van der Waals surface area contributed by atoms with E-state index < -0.39 is 0 Å². The minimum absolute atomic E-state index is 0.123. The quantitative estimate of drug-likeness (QED) is 0.661. The third-order valence-electron chi connectivity index (χ3n) is 2.34. The minimum Gasteiger partial charge on any atom is -0.198 e. The molecule has 1 atom stereocenters. The smallest absolute Gasteiger partial charge is 0.0718 e. The molecule has 0 unspecified atom stereocenters. The molecule has 0 aromatic heterocycles. The van der Waals surface area contributed by atoms with Crippen molar-refractivity contribution < 1.29 is 0 Å². The monoisotopic (exact) mass is 221 g/mol.